The molecule has 1 saturated heterocycles. The van der Waals surface area contributed by atoms with Crippen LogP contribution in [0.1, 0.15) is 23.2 Å². The zero-order valence-corrected chi connectivity index (χ0v) is 18.6. The molecule has 1 atom stereocenters. The summed E-state index contributed by atoms with van der Waals surface area (Å²) in [6.45, 7) is 5.22. The lowest BCUT2D eigenvalue weighted by Gasteiger charge is -2.40. The largest absolute Gasteiger partial charge is 0.493 e. The zero-order valence-electron chi connectivity index (χ0n) is 18.6. The monoisotopic (exact) mass is 440 g/mol. The van der Waals surface area contributed by atoms with E-state index in [1.54, 1.807) is 10.9 Å². The molecular weight excluding hydrogens is 412 g/mol. The number of aromatic nitrogens is 4. The number of pyridine rings is 2. The quantitative estimate of drug-likeness (QED) is 0.526. The predicted octanol–water partition coefficient (Wildman–Crippen LogP) is 3.20. The SMILES string of the molecule is Oc1c2c(nn1-c1ccccn1)CCC(N1CCN(Cc3ccc4ncccc4c3)CC1)C2. The van der Waals surface area contributed by atoms with Crippen molar-refractivity contribution in [2.24, 2.45) is 0 Å². The van der Waals surface area contributed by atoms with Gasteiger partial charge in [-0.3, -0.25) is 14.8 Å². The second-order valence-electron chi connectivity index (χ2n) is 9.09. The maximum atomic E-state index is 10.9. The highest BCUT2D eigenvalue weighted by Gasteiger charge is 2.31. The molecule has 7 heteroatoms. The summed E-state index contributed by atoms with van der Waals surface area (Å²) in [5.74, 6) is 0.914. The topological polar surface area (TPSA) is 70.3 Å². The first-order chi connectivity index (χ1) is 16.2. The molecule has 1 fully saturated rings. The summed E-state index contributed by atoms with van der Waals surface area (Å²) < 4.78 is 1.59. The third-order valence-corrected chi connectivity index (χ3v) is 7.06. The van der Waals surface area contributed by atoms with Crippen LogP contribution in [0.5, 0.6) is 5.88 Å². The van der Waals surface area contributed by atoms with Crippen molar-refractivity contribution in [3.05, 3.63) is 77.7 Å². The Balaban J connectivity index is 1.09. The molecule has 3 aromatic heterocycles. The molecular formula is C26H28N6O. The maximum Gasteiger partial charge on any atom is 0.219 e. The first-order valence-electron chi connectivity index (χ1n) is 11.8. The number of hydrogen-bond donors (Lipinski definition) is 1. The minimum Gasteiger partial charge on any atom is -0.493 e. The molecule has 1 N–H and O–H groups in total. The maximum absolute atomic E-state index is 10.9. The standard InChI is InChI=1S/C26H28N6O/c33-26-22-17-21(7-9-24(22)29-32(26)25-5-1-2-10-28-25)31-14-12-30(13-15-31)18-19-6-8-23-20(16-19)4-3-11-27-23/h1-6,8,10-11,16,21,33H,7,9,12-15,17-18H2. The van der Waals surface area contributed by atoms with Crippen LogP contribution in [0.25, 0.3) is 16.7 Å². The van der Waals surface area contributed by atoms with E-state index in [0.717, 1.165) is 68.8 Å². The summed E-state index contributed by atoms with van der Waals surface area (Å²) >= 11 is 0. The van der Waals surface area contributed by atoms with E-state index < -0.39 is 0 Å². The lowest BCUT2D eigenvalue weighted by atomic mass is 9.91. The van der Waals surface area contributed by atoms with Crippen LogP contribution >= 0.6 is 0 Å². The van der Waals surface area contributed by atoms with Crippen molar-refractivity contribution in [2.45, 2.75) is 31.8 Å². The van der Waals surface area contributed by atoms with Gasteiger partial charge in [-0.2, -0.15) is 9.78 Å². The molecule has 0 amide bonds. The number of aryl methyl sites for hydroxylation is 1. The molecule has 33 heavy (non-hydrogen) atoms. The normalized spacial score (nSPS) is 19.6. The summed E-state index contributed by atoms with van der Waals surface area (Å²) in [7, 11) is 0. The van der Waals surface area contributed by atoms with Crippen molar-refractivity contribution in [3.63, 3.8) is 0 Å². The summed E-state index contributed by atoms with van der Waals surface area (Å²) in [4.78, 5) is 13.9. The Kier molecular flexibility index (Phi) is 5.28. The number of rotatable bonds is 4. The summed E-state index contributed by atoms with van der Waals surface area (Å²) in [5, 5.41) is 16.7. The Bertz CT molecular complexity index is 1260. The molecule has 1 aliphatic heterocycles. The van der Waals surface area contributed by atoms with E-state index in [-0.39, 0.29) is 5.88 Å². The van der Waals surface area contributed by atoms with Gasteiger partial charge in [-0.1, -0.05) is 18.2 Å². The summed E-state index contributed by atoms with van der Waals surface area (Å²) in [6.07, 6.45) is 6.42. The van der Waals surface area contributed by atoms with Crippen LogP contribution in [-0.4, -0.2) is 66.9 Å². The molecule has 4 heterocycles. The highest BCUT2D eigenvalue weighted by molar-refractivity contribution is 5.78. The van der Waals surface area contributed by atoms with E-state index in [0.29, 0.717) is 11.9 Å². The zero-order chi connectivity index (χ0) is 22.2. The van der Waals surface area contributed by atoms with E-state index in [2.05, 4.69) is 49.1 Å². The highest BCUT2D eigenvalue weighted by atomic mass is 16.3. The minimum absolute atomic E-state index is 0.248. The summed E-state index contributed by atoms with van der Waals surface area (Å²) in [5.41, 5.74) is 4.40. The van der Waals surface area contributed by atoms with Gasteiger partial charge in [0.05, 0.1) is 11.2 Å². The third-order valence-electron chi connectivity index (χ3n) is 7.06. The third kappa shape index (κ3) is 3.98. The van der Waals surface area contributed by atoms with Crippen LogP contribution in [0.3, 0.4) is 0 Å². The number of hydrogen-bond acceptors (Lipinski definition) is 6. The van der Waals surface area contributed by atoms with Crippen LogP contribution in [-0.2, 0) is 19.4 Å². The molecule has 4 aromatic rings. The van der Waals surface area contributed by atoms with Gasteiger partial charge in [0.15, 0.2) is 5.82 Å². The van der Waals surface area contributed by atoms with Gasteiger partial charge in [0.25, 0.3) is 0 Å². The fraction of sp³-hybridized carbons (Fsp3) is 0.346. The number of nitrogens with zero attached hydrogens (tertiary/aromatic N) is 6. The van der Waals surface area contributed by atoms with Crippen molar-refractivity contribution in [3.8, 4) is 11.7 Å². The van der Waals surface area contributed by atoms with Crippen LogP contribution in [0.2, 0.25) is 0 Å². The Labute approximate surface area is 193 Å². The fourth-order valence-corrected chi connectivity index (χ4v) is 5.25. The van der Waals surface area contributed by atoms with E-state index in [9.17, 15) is 5.11 Å². The van der Waals surface area contributed by atoms with Crippen LogP contribution < -0.4 is 0 Å². The van der Waals surface area contributed by atoms with Gasteiger partial charge in [-0.15, -0.1) is 0 Å². The lowest BCUT2D eigenvalue weighted by molar-refractivity contribution is 0.0853. The second kappa shape index (κ2) is 8.57. The first-order valence-corrected chi connectivity index (χ1v) is 11.8. The van der Waals surface area contributed by atoms with Crippen LogP contribution in [0, 0.1) is 0 Å². The van der Waals surface area contributed by atoms with Crippen molar-refractivity contribution in [2.75, 3.05) is 26.2 Å². The van der Waals surface area contributed by atoms with Gasteiger partial charge in [-0.25, -0.2) is 4.98 Å². The van der Waals surface area contributed by atoms with Gasteiger partial charge >= 0.3 is 0 Å². The number of benzene rings is 1. The van der Waals surface area contributed by atoms with Crippen molar-refractivity contribution in [1.82, 2.24) is 29.5 Å². The average Bonchev–Trinajstić information content (AvgIpc) is 3.21. The smallest absolute Gasteiger partial charge is 0.219 e. The number of aromatic hydroxyl groups is 1. The Hall–Kier alpha value is -3.29. The molecule has 2 aliphatic rings. The van der Waals surface area contributed by atoms with Crippen molar-refractivity contribution in [1.29, 1.82) is 0 Å². The van der Waals surface area contributed by atoms with E-state index in [1.165, 1.54) is 10.9 Å². The molecule has 0 saturated carbocycles. The van der Waals surface area contributed by atoms with Crippen molar-refractivity contribution < 1.29 is 5.11 Å². The van der Waals surface area contributed by atoms with Gasteiger partial charge in [0, 0.05) is 62.1 Å². The molecule has 0 spiro atoms. The molecule has 6 rings (SSSR count). The molecule has 0 radical (unpaired) electrons. The number of piperazine rings is 1. The number of fused-ring (bicyclic) bond motifs is 2. The second-order valence-corrected chi connectivity index (χ2v) is 9.09. The van der Waals surface area contributed by atoms with Gasteiger partial charge in [0.1, 0.15) is 0 Å². The molecule has 1 aromatic carbocycles. The summed E-state index contributed by atoms with van der Waals surface area (Å²) in [6, 6.07) is 16.8. The van der Waals surface area contributed by atoms with Gasteiger partial charge in [-0.05, 0) is 55.2 Å². The lowest BCUT2D eigenvalue weighted by Crippen LogP contribution is -2.51. The van der Waals surface area contributed by atoms with Crippen LogP contribution in [0.15, 0.2) is 60.9 Å². The van der Waals surface area contributed by atoms with Crippen molar-refractivity contribution >= 4 is 10.9 Å². The van der Waals surface area contributed by atoms with Crippen LogP contribution in [0.4, 0.5) is 0 Å². The molecule has 1 aliphatic carbocycles. The van der Waals surface area contributed by atoms with E-state index in [1.807, 2.05) is 30.5 Å². The van der Waals surface area contributed by atoms with E-state index in [4.69, 9.17) is 0 Å². The van der Waals surface area contributed by atoms with Gasteiger partial charge < -0.3 is 5.11 Å². The Morgan fingerprint density at radius 2 is 1.82 bits per heavy atom. The highest BCUT2D eigenvalue weighted by Crippen LogP contribution is 2.32. The Morgan fingerprint density at radius 3 is 2.67 bits per heavy atom. The molecule has 7 nitrogen and oxygen atoms in total. The minimum atomic E-state index is 0.248. The first kappa shape index (κ1) is 20.3. The predicted molar refractivity (Wildman–Crippen MR) is 127 cm³/mol. The molecule has 0 bridgehead atoms. The Morgan fingerprint density at radius 1 is 0.939 bits per heavy atom. The van der Waals surface area contributed by atoms with E-state index >= 15 is 0 Å². The molecule has 1 unspecified atom stereocenters. The average molecular weight is 441 g/mol. The van der Waals surface area contributed by atoms with Gasteiger partial charge in [0.2, 0.25) is 5.88 Å². The molecule has 168 valence electrons. The fourth-order valence-electron chi connectivity index (χ4n) is 5.25.